The van der Waals surface area contributed by atoms with Gasteiger partial charge in [-0.25, -0.2) is 9.97 Å². The first-order valence-electron chi connectivity index (χ1n) is 5.91. The smallest absolute Gasteiger partial charge is 0.307 e. The predicted molar refractivity (Wildman–Crippen MR) is 65.2 cm³/mol. The number of imidazole rings is 1. The summed E-state index contributed by atoms with van der Waals surface area (Å²) >= 11 is 0. The molecule has 1 amide bonds. The number of carbonyl (C=O) groups is 1. The van der Waals surface area contributed by atoms with Crippen LogP contribution in [-0.4, -0.2) is 27.0 Å². The van der Waals surface area contributed by atoms with Gasteiger partial charge in [0.2, 0.25) is 0 Å². The van der Waals surface area contributed by atoms with Gasteiger partial charge < -0.3 is 14.3 Å². The average Bonchev–Trinajstić information content (AvgIpc) is 2.97. The monoisotopic (exact) mass is 248 g/mol. The standard InChI is InChI=1S/C12H16N4O2/c1-3-10-13-4-6-16(10)7-5-14-11(17)12-15-8-9(2)18-12/h4,6,8H,3,5,7H2,1-2H3,(H,14,17). The molecule has 2 aromatic rings. The quantitative estimate of drug-likeness (QED) is 0.862. The molecule has 6 heteroatoms. The Balaban J connectivity index is 1.84. The summed E-state index contributed by atoms with van der Waals surface area (Å²) in [6, 6.07) is 0. The van der Waals surface area contributed by atoms with Crippen molar-refractivity contribution in [3.05, 3.63) is 36.1 Å². The molecule has 1 N–H and O–H groups in total. The average molecular weight is 248 g/mol. The number of hydrogen-bond donors (Lipinski definition) is 1. The molecule has 0 radical (unpaired) electrons. The lowest BCUT2D eigenvalue weighted by molar-refractivity contribution is 0.0916. The highest BCUT2D eigenvalue weighted by molar-refractivity contribution is 5.89. The van der Waals surface area contributed by atoms with Crippen LogP contribution in [0.3, 0.4) is 0 Å². The molecule has 0 bridgehead atoms. The van der Waals surface area contributed by atoms with Crippen molar-refractivity contribution in [1.29, 1.82) is 0 Å². The van der Waals surface area contributed by atoms with Crippen molar-refractivity contribution in [2.24, 2.45) is 0 Å². The Labute approximate surface area is 105 Å². The van der Waals surface area contributed by atoms with Gasteiger partial charge in [-0.2, -0.15) is 0 Å². The summed E-state index contributed by atoms with van der Waals surface area (Å²) in [6.45, 7) is 5.01. The van der Waals surface area contributed by atoms with Crippen LogP contribution in [0.25, 0.3) is 0 Å². The first kappa shape index (κ1) is 12.3. The normalized spacial score (nSPS) is 10.6. The fourth-order valence-corrected chi connectivity index (χ4v) is 1.68. The molecule has 6 nitrogen and oxygen atoms in total. The number of oxazole rings is 1. The van der Waals surface area contributed by atoms with Gasteiger partial charge in [0.1, 0.15) is 11.6 Å². The van der Waals surface area contributed by atoms with E-state index < -0.39 is 0 Å². The summed E-state index contributed by atoms with van der Waals surface area (Å²) < 4.78 is 7.15. The van der Waals surface area contributed by atoms with Crippen LogP contribution in [0.2, 0.25) is 0 Å². The zero-order chi connectivity index (χ0) is 13.0. The molecule has 0 saturated heterocycles. The minimum absolute atomic E-state index is 0.105. The number of carbonyl (C=O) groups excluding carboxylic acids is 1. The number of nitrogens with zero attached hydrogens (tertiary/aromatic N) is 3. The lowest BCUT2D eigenvalue weighted by atomic mass is 10.4. The molecule has 2 heterocycles. The molecule has 18 heavy (non-hydrogen) atoms. The van der Waals surface area contributed by atoms with E-state index in [0.717, 1.165) is 12.2 Å². The van der Waals surface area contributed by atoms with Gasteiger partial charge in [-0.05, 0) is 6.92 Å². The Morgan fingerprint density at radius 2 is 2.33 bits per heavy atom. The van der Waals surface area contributed by atoms with Crippen molar-refractivity contribution in [2.75, 3.05) is 6.54 Å². The van der Waals surface area contributed by atoms with Crippen LogP contribution in [0.4, 0.5) is 0 Å². The van der Waals surface area contributed by atoms with Crippen molar-refractivity contribution < 1.29 is 9.21 Å². The summed E-state index contributed by atoms with van der Waals surface area (Å²) in [4.78, 5) is 19.7. The molecule has 0 saturated carbocycles. The van der Waals surface area contributed by atoms with E-state index >= 15 is 0 Å². The van der Waals surface area contributed by atoms with Crippen molar-refractivity contribution in [3.8, 4) is 0 Å². The fourth-order valence-electron chi connectivity index (χ4n) is 1.68. The molecule has 0 atom stereocenters. The van der Waals surface area contributed by atoms with E-state index in [0.29, 0.717) is 18.8 Å². The second kappa shape index (κ2) is 5.48. The highest BCUT2D eigenvalue weighted by Crippen LogP contribution is 2.01. The molecule has 0 aromatic carbocycles. The van der Waals surface area contributed by atoms with Gasteiger partial charge in [0.05, 0.1) is 6.20 Å². The Bertz CT molecular complexity index is 530. The zero-order valence-corrected chi connectivity index (χ0v) is 10.5. The summed E-state index contributed by atoms with van der Waals surface area (Å²) in [5.74, 6) is 1.45. The van der Waals surface area contributed by atoms with Crippen molar-refractivity contribution in [2.45, 2.75) is 26.8 Å². The van der Waals surface area contributed by atoms with Gasteiger partial charge in [0.25, 0.3) is 5.89 Å². The summed E-state index contributed by atoms with van der Waals surface area (Å²) in [7, 11) is 0. The lowest BCUT2D eigenvalue weighted by Gasteiger charge is -2.06. The van der Waals surface area contributed by atoms with E-state index in [4.69, 9.17) is 4.42 Å². The maximum Gasteiger partial charge on any atom is 0.307 e. The first-order chi connectivity index (χ1) is 8.70. The fraction of sp³-hybridized carbons (Fsp3) is 0.417. The van der Waals surface area contributed by atoms with Crippen LogP contribution in [0, 0.1) is 6.92 Å². The van der Waals surface area contributed by atoms with E-state index in [9.17, 15) is 4.79 Å². The minimum Gasteiger partial charge on any atom is -0.438 e. The molecule has 0 spiro atoms. The number of aryl methyl sites for hydroxylation is 2. The van der Waals surface area contributed by atoms with Crippen molar-refractivity contribution in [3.63, 3.8) is 0 Å². The maximum atomic E-state index is 11.6. The zero-order valence-electron chi connectivity index (χ0n) is 10.5. The van der Waals surface area contributed by atoms with Crippen LogP contribution in [-0.2, 0) is 13.0 Å². The van der Waals surface area contributed by atoms with E-state index in [1.807, 2.05) is 17.7 Å². The molecule has 2 aromatic heterocycles. The SMILES string of the molecule is CCc1nccn1CCNC(=O)c1ncc(C)o1. The van der Waals surface area contributed by atoms with Gasteiger partial charge >= 0.3 is 5.91 Å². The van der Waals surface area contributed by atoms with E-state index in [1.54, 1.807) is 13.1 Å². The Morgan fingerprint density at radius 1 is 1.50 bits per heavy atom. The largest absolute Gasteiger partial charge is 0.438 e. The van der Waals surface area contributed by atoms with Crippen LogP contribution in [0.1, 0.15) is 29.2 Å². The second-order valence-electron chi connectivity index (χ2n) is 3.92. The number of rotatable bonds is 5. The number of amides is 1. The van der Waals surface area contributed by atoms with Crippen LogP contribution in [0.5, 0.6) is 0 Å². The molecular formula is C12H16N4O2. The van der Waals surface area contributed by atoms with Gasteiger partial charge in [0, 0.05) is 31.9 Å². The first-order valence-corrected chi connectivity index (χ1v) is 5.91. The maximum absolute atomic E-state index is 11.6. The van der Waals surface area contributed by atoms with Crippen LogP contribution >= 0.6 is 0 Å². The number of hydrogen-bond acceptors (Lipinski definition) is 4. The minimum atomic E-state index is -0.290. The Kier molecular flexibility index (Phi) is 3.76. The van der Waals surface area contributed by atoms with E-state index in [-0.39, 0.29) is 11.8 Å². The van der Waals surface area contributed by atoms with Gasteiger partial charge in [-0.15, -0.1) is 0 Å². The van der Waals surface area contributed by atoms with Gasteiger partial charge in [-0.1, -0.05) is 6.92 Å². The molecule has 96 valence electrons. The summed E-state index contributed by atoms with van der Waals surface area (Å²) in [6.07, 6.45) is 6.07. The topological polar surface area (TPSA) is 73.0 Å². The van der Waals surface area contributed by atoms with E-state index in [1.165, 1.54) is 6.20 Å². The van der Waals surface area contributed by atoms with Crippen LogP contribution < -0.4 is 5.32 Å². The lowest BCUT2D eigenvalue weighted by Crippen LogP contribution is -2.27. The van der Waals surface area contributed by atoms with Gasteiger partial charge in [0.15, 0.2) is 0 Å². The third kappa shape index (κ3) is 2.77. The molecule has 2 rings (SSSR count). The summed E-state index contributed by atoms with van der Waals surface area (Å²) in [5.41, 5.74) is 0. The molecule has 0 unspecified atom stereocenters. The molecular weight excluding hydrogens is 232 g/mol. The third-order valence-corrected chi connectivity index (χ3v) is 2.57. The molecule has 0 aliphatic rings. The molecule has 0 fully saturated rings. The highest BCUT2D eigenvalue weighted by atomic mass is 16.4. The van der Waals surface area contributed by atoms with Gasteiger partial charge in [-0.3, -0.25) is 4.79 Å². The number of aromatic nitrogens is 3. The van der Waals surface area contributed by atoms with Crippen LogP contribution in [0.15, 0.2) is 23.0 Å². The molecule has 0 aliphatic carbocycles. The second-order valence-corrected chi connectivity index (χ2v) is 3.92. The Hall–Kier alpha value is -2.11. The van der Waals surface area contributed by atoms with Crippen molar-refractivity contribution in [1.82, 2.24) is 19.9 Å². The number of nitrogens with one attached hydrogen (secondary N) is 1. The third-order valence-electron chi connectivity index (χ3n) is 2.57. The van der Waals surface area contributed by atoms with E-state index in [2.05, 4.69) is 15.3 Å². The van der Waals surface area contributed by atoms with Crippen molar-refractivity contribution >= 4 is 5.91 Å². The highest BCUT2D eigenvalue weighted by Gasteiger charge is 2.11. The Morgan fingerprint density at radius 3 is 3.00 bits per heavy atom. The molecule has 0 aliphatic heterocycles. The summed E-state index contributed by atoms with van der Waals surface area (Å²) in [5, 5.41) is 2.76. The predicted octanol–water partition coefficient (Wildman–Crippen LogP) is 1.17.